The van der Waals surface area contributed by atoms with E-state index in [9.17, 15) is 9.59 Å². The van der Waals surface area contributed by atoms with Crippen LogP contribution in [0.4, 0.5) is 0 Å². The summed E-state index contributed by atoms with van der Waals surface area (Å²) in [6.07, 6.45) is 4.42. The molecule has 1 aliphatic rings. The number of nitrogens with one attached hydrogen (secondary N) is 1. The molecule has 1 saturated heterocycles. The number of hydrogen-bond acceptors (Lipinski definition) is 4. The third kappa shape index (κ3) is 3.59. The largest absolute Gasteiger partial charge is 0.497 e. The summed E-state index contributed by atoms with van der Waals surface area (Å²) in [7, 11) is 1.57. The van der Waals surface area contributed by atoms with Gasteiger partial charge in [-0.1, -0.05) is 6.07 Å². The van der Waals surface area contributed by atoms with Crippen LogP contribution < -0.4 is 10.1 Å². The van der Waals surface area contributed by atoms with E-state index in [0.717, 1.165) is 12.8 Å². The second kappa shape index (κ2) is 7.21. The molecule has 126 valence electrons. The highest BCUT2D eigenvalue weighted by atomic mass is 16.5. The first-order valence-electron chi connectivity index (χ1n) is 7.94. The fourth-order valence-electron chi connectivity index (χ4n) is 2.83. The van der Waals surface area contributed by atoms with Crippen molar-refractivity contribution < 1.29 is 18.7 Å². The molecule has 2 aromatic rings. The monoisotopic (exact) mass is 328 g/mol. The van der Waals surface area contributed by atoms with Gasteiger partial charge in [-0.05, 0) is 37.1 Å². The van der Waals surface area contributed by atoms with Crippen molar-refractivity contribution in [2.24, 2.45) is 0 Å². The van der Waals surface area contributed by atoms with Crippen molar-refractivity contribution in [3.63, 3.8) is 0 Å². The molecule has 6 nitrogen and oxygen atoms in total. The van der Waals surface area contributed by atoms with Gasteiger partial charge in [0.1, 0.15) is 12.0 Å². The van der Waals surface area contributed by atoms with Crippen LogP contribution in [-0.4, -0.2) is 43.0 Å². The number of methoxy groups -OCH3 is 1. The Hall–Kier alpha value is -2.76. The molecule has 1 aromatic carbocycles. The second-order valence-electron chi connectivity index (χ2n) is 5.78. The Morgan fingerprint density at radius 1 is 1.21 bits per heavy atom. The van der Waals surface area contributed by atoms with Gasteiger partial charge in [0.05, 0.1) is 18.9 Å². The summed E-state index contributed by atoms with van der Waals surface area (Å²) < 4.78 is 10.1. The highest BCUT2D eigenvalue weighted by molar-refractivity contribution is 5.95. The summed E-state index contributed by atoms with van der Waals surface area (Å²) in [5, 5.41) is 3.03. The van der Waals surface area contributed by atoms with Gasteiger partial charge in [0.25, 0.3) is 11.8 Å². The van der Waals surface area contributed by atoms with E-state index in [-0.39, 0.29) is 17.9 Å². The predicted molar refractivity (Wildman–Crippen MR) is 88.1 cm³/mol. The van der Waals surface area contributed by atoms with E-state index in [2.05, 4.69) is 5.32 Å². The van der Waals surface area contributed by atoms with Crippen molar-refractivity contribution in [1.82, 2.24) is 10.2 Å². The lowest BCUT2D eigenvalue weighted by Crippen LogP contribution is -2.46. The maximum absolute atomic E-state index is 12.3. The number of likely N-dealkylation sites (tertiary alicyclic amines) is 1. The number of piperidine rings is 1. The highest BCUT2D eigenvalue weighted by Crippen LogP contribution is 2.16. The van der Waals surface area contributed by atoms with Crippen LogP contribution >= 0.6 is 0 Å². The molecule has 1 fully saturated rings. The molecule has 1 aromatic heterocycles. The number of carbonyl (C=O) groups excluding carboxylic acids is 2. The zero-order valence-electron chi connectivity index (χ0n) is 13.5. The van der Waals surface area contributed by atoms with Crippen LogP contribution in [0.25, 0.3) is 0 Å². The Balaban J connectivity index is 1.53. The van der Waals surface area contributed by atoms with E-state index in [1.165, 1.54) is 12.5 Å². The first-order valence-corrected chi connectivity index (χ1v) is 7.94. The van der Waals surface area contributed by atoms with Gasteiger partial charge < -0.3 is 19.4 Å². The van der Waals surface area contributed by atoms with Crippen molar-refractivity contribution >= 4 is 11.8 Å². The first kappa shape index (κ1) is 16.1. The molecular weight excluding hydrogens is 308 g/mol. The predicted octanol–water partition coefficient (Wildman–Crippen LogP) is 2.32. The Morgan fingerprint density at radius 2 is 2.00 bits per heavy atom. The number of benzene rings is 1. The molecule has 0 bridgehead atoms. The number of furan rings is 1. The summed E-state index contributed by atoms with van der Waals surface area (Å²) in [5.41, 5.74) is 1.14. The molecule has 1 aliphatic heterocycles. The standard InChI is InChI=1S/C18H20N2O4/c1-23-16-4-2-3-13(11-16)17(21)19-15-5-8-20(9-6-15)18(22)14-7-10-24-12-14/h2-4,7,10-12,15H,5-6,8-9H2,1H3,(H,19,21). The van der Waals surface area contributed by atoms with Gasteiger partial charge in [-0.25, -0.2) is 0 Å². The van der Waals surface area contributed by atoms with Gasteiger partial charge in [-0.15, -0.1) is 0 Å². The fourth-order valence-corrected chi connectivity index (χ4v) is 2.83. The number of amides is 2. The Kier molecular flexibility index (Phi) is 4.84. The average molecular weight is 328 g/mol. The molecule has 0 unspecified atom stereocenters. The quantitative estimate of drug-likeness (QED) is 0.935. The Morgan fingerprint density at radius 3 is 2.67 bits per heavy atom. The van der Waals surface area contributed by atoms with Crippen molar-refractivity contribution in [3.05, 3.63) is 54.0 Å². The third-order valence-electron chi connectivity index (χ3n) is 4.22. The van der Waals surface area contributed by atoms with Gasteiger partial charge in [0.15, 0.2) is 0 Å². The number of nitrogens with zero attached hydrogens (tertiary/aromatic N) is 1. The van der Waals surface area contributed by atoms with Crippen molar-refractivity contribution in [3.8, 4) is 5.75 Å². The zero-order valence-corrected chi connectivity index (χ0v) is 13.5. The van der Waals surface area contributed by atoms with Gasteiger partial charge in [-0.3, -0.25) is 9.59 Å². The van der Waals surface area contributed by atoms with Crippen molar-refractivity contribution in [2.45, 2.75) is 18.9 Å². The summed E-state index contributed by atoms with van der Waals surface area (Å²) in [5.74, 6) is 0.512. The van der Waals surface area contributed by atoms with Crippen LogP contribution in [-0.2, 0) is 0 Å². The van der Waals surface area contributed by atoms with E-state index >= 15 is 0 Å². The maximum atomic E-state index is 12.3. The van der Waals surface area contributed by atoms with E-state index in [4.69, 9.17) is 9.15 Å². The Bertz CT molecular complexity index is 704. The molecule has 0 aliphatic carbocycles. The fraction of sp³-hybridized carbons (Fsp3) is 0.333. The number of hydrogen-bond donors (Lipinski definition) is 1. The first-order chi connectivity index (χ1) is 11.7. The van der Waals surface area contributed by atoms with Crippen LogP contribution in [0.1, 0.15) is 33.6 Å². The number of rotatable bonds is 4. The van der Waals surface area contributed by atoms with Crippen molar-refractivity contribution in [2.75, 3.05) is 20.2 Å². The van der Waals surface area contributed by atoms with E-state index in [1.54, 1.807) is 42.3 Å². The number of ether oxygens (including phenoxy) is 1. The van der Waals surface area contributed by atoms with Gasteiger partial charge in [0.2, 0.25) is 0 Å². The maximum Gasteiger partial charge on any atom is 0.257 e. The molecule has 0 atom stereocenters. The summed E-state index contributed by atoms with van der Waals surface area (Å²) in [6, 6.07) is 8.80. The van der Waals surface area contributed by atoms with Crippen molar-refractivity contribution in [1.29, 1.82) is 0 Å². The molecule has 0 radical (unpaired) electrons. The van der Waals surface area contributed by atoms with Crippen LogP contribution in [0.2, 0.25) is 0 Å². The van der Waals surface area contributed by atoms with E-state index in [0.29, 0.717) is 30.0 Å². The van der Waals surface area contributed by atoms with Crippen LogP contribution in [0.15, 0.2) is 47.3 Å². The highest BCUT2D eigenvalue weighted by Gasteiger charge is 2.25. The molecule has 2 amide bonds. The molecular formula is C18H20N2O4. The molecule has 3 rings (SSSR count). The topological polar surface area (TPSA) is 71.8 Å². The summed E-state index contributed by atoms with van der Waals surface area (Å²) in [4.78, 5) is 26.4. The third-order valence-corrected chi connectivity index (χ3v) is 4.22. The van der Waals surface area contributed by atoms with Crippen LogP contribution in [0.3, 0.4) is 0 Å². The van der Waals surface area contributed by atoms with E-state index in [1.807, 2.05) is 0 Å². The minimum absolute atomic E-state index is 0.0266. The lowest BCUT2D eigenvalue weighted by Gasteiger charge is -2.32. The molecule has 6 heteroatoms. The van der Waals surface area contributed by atoms with Gasteiger partial charge >= 0.3 is 0 Å². The molecule has 1 N–H and O–H groups in total. The minimum Gasteiger partial charge on any atom is -0.497 e. The van der Waals surface area contributed by atoms with Gasteiger partial charge in [-0.2, -0.15) is 0 Å². The normalized spacial score (nSPS) is 15.1. The molecule has 0 spiro atoms. The minimum atomic E-state index is -0.117. The molecule has 2 heterocycles. The van der Waals surface area contributed by atoms with Crippen LogP contribution in [0.5, 0.6) is 5.75 Å². The molecule has 0 saturated carbocycles. The smallest absolute Gasteiger partial charge is 0.257 e. The second-order valence-corrected chi connectivity index (χ2v) is 5.78. The Labute approximate surface area is 140 Å². The van der Waals surface area contributed by atoms with Crippen LogP contribution in [0, 0.1) is 0 Å². The number of carbonyl (C=O) groups is 2. The SMILES string of the molecule is COc1cccc(C(=O)NC2CCN(C(=O)c3ccoc3)CC2)c1. The van der Waals surface area contributed by atoms with Gasteiger partial charge in [0, 0.05) is 24.7 Å². The summed E-state index contributed by atoms with van der Waals surface area (Å²) in [6.45, 7) is 1.24. The lowest BCUT2D eigenvalue weighted by molar-refractivity contribution is 0.0697. The zero-order chi connectivity index (χ0) is 16.9. The van der Waals surface area contributed by atoms with E-state index < -0.39 is 0 Å². The lowest BCUT2D eigenvalue weighted by atomic mass is 10.0. The average Bonchev–Trinajstić information content (AvgIpc) is 3.16. The molecule has 24 heavy (non-hydrogen) atoms. The summed E-state index contributed by atoms with van der Waals surface area (Å²) >= 11 is 0.